The molecule has 1 aromatic rings. The summed E-state index contributed by atoms with van der Waals surface area (Å²) in [5, 5.41) is 36.4. The minimum Gasteiger partial charge on any atom is -0.389 e. The minimum absolute atomic E-state index is 0.137. The molecule has 0 bridgehead atoms. The first kappa shape index (κ1) is 12.2. The SMILES string of the molecule is N#CCc1ccccc1C(O)C(O)CC#N. The Kier molecular flexibility index (Phi) is 4.47. The Morgan fingerprint density at radius 2 is 1.81 bits per heavy atom. The standard InChI is InChI=1S/C12H12N2O2/c13-7-5-9-3-1-2-4-10(9)12(16)11(15)6-8-14/h1-4,11-12,15-16H,5-6H2. The molecule has 2 atom stereocenters. The molecule has 2 N–H and O–H groups in total. The molecule has 4 nitrogen and oxygen atoms in total. The van der Waals surface area contributed by atoms with E-state index in [-0.39, 0.29) is 12.8 Å². The Morgan fingerprint density at radius 3 is 2.44 bits per heavy atom. The van der Waals surface area contributed by atoms with Crippen molar-refractivity contribution in [2.24, 2.45) is 0 Å². The maximum Gasteiger partial charge on any atom is 0.106 e. The number of nitriles is 2. The number of rotatable bonds is 4. The average Bonchev–Trinajstić information content (AvgIpc) is 2.29. The van der Waals surface area contributed by atoms with Crippen molar-refractivity contribution in [3.05, 3.63) is 35.4 Å². The van der Waals surface area contributed by atoms with Gasteiger partial charge in [0.25, 0.3) is 0 Å². The summed E-state index contributed by atoms with van der Waals surface area (Å²) in [6.45, 7) is 0. The van der Waals surface area contributed by atoms with Crippen LogP contribution in [-0.4, -0.2) is 16.3 Å². The molecule has 1 rings (SSSR count). The number of benzene rings is 1. The van der Waals surface area contributed by atoms with Gasteiger partial charge in [0.2, 0.25) is 0 Å². The summed E-state index contributed by atoms with van der Waals surface area (Å²) >= 11 is 0. The van der Waals surface area contributed by atoms with Crippen LogP contribution in [0.4, 0.5) is 0 Å². The number of hydrogen-bond donors (Lipinski definition) is 2. The largest absolute Gasteiger partial charge is 0.389 e. The van der Waals surface area contributed by atoms with E-state index in [1.807, 2.05) is 6.07 Å². The Labute approximate surface area is 94.0 Å². The highest BCUT2D eigenvalue weighted by Crippen LogP contribution is 2.22. The molecule has 82 valence electrons. The highest BCUT2D eigenvalue weighted by molar-refractivity contribution is 5.31. The smallest absolute Gasteiger partial charge is 0.106 e. The van der Waals surface area contributed by atoms with Crippen LogP contribution in [0.15, 0.2) is 24.3 Å². The summed E-state index contributed by atoms with van der Waals surface area (Å²) in [7, 11) is 0. The number of hydrogen-bond acceptors (Lipinski definition) is 4. The summed E-state index contributed by atoms with van der Waals surface area (Å²) < 4.78 is 0. The second-order valence-electron chi connectivity index (χ2n) is 3.41. The fraction of sp³-hybridized carbons (Fsp3) is 0.333. The van der Waals surface area contributed by atoms with Gasteiger partial charge < -0.3 is 10.2 Å². The quantitative estimate of drug-likeness (QED) is 0.787. The lowest BCUT2D eigenvalue weighted by molar-refractivity contribution is 0.0212. The molecule has 1 aromatic carbocycles. The van der Waals surface area contributed by atoms with E-state index in [0.29, 0.717) is 11.1 Å². The molecule has 0 radical (unpaired) electrons. The predicted molar refractivity (Wildman–Crippen MR) is 57.0 cm³/mol. The van der Waals surface area contributed by atoms with E-state index in [2.05, 4.69) is 0 Å². The normalized spacial score (nSPS) is 13.5. The van der Waals surface area contributed by atoms with Gasteiger partial charge in [-0.1, -0.05) is 24.3 Å². The molecule has 16 heavy (non-hydrogen) atoms. The van der Waals surface area contributed by atoms with Gasteiger partial charge >= 0.3 is 0 Å². The summed E-state index contributed by atoms with van der Waals surface area (Å²) in [4.78, 5) is 0. The van der Waals surface area contributed by atoms with Gasteiger partial charge in [0, 0.05) is 0 Å². The van der Waals surface area contributed by atoms with Crippen molar-refractivity contribution in [3.63, 3.8) is 0 Å². The van der Waals surface area contributed by atoms with Crippen LogP contribution in [-0.2, 0) is 6.42 Å². The Hall–Kier alpha value is -1.88. The molecule has 4 heteroatoms. The number of nitrogens with zero attached hydrogens (tertiary/aromatic N) is 2. The molecule has 0 aliphatic rings. The van der Waals surface area contributed by atoms with E-state index in [1.54, 1.807) is 30.3 Å². The monoisotopic (exact) mass is 216 g/mol. The third-order valence-electron chi connectivity index (χ3n) is 2.31. The Balaban J connectivity index is 2.95. The zero-order valence-electron chi connectivity index (χ0n) is 8.67. The van der Waals surface area contributed by atoms with Gasteiger partial charge in [-0.15, -0.1) is 0 Å². The molecule has 0 aliphatic heterocycles. The van der Waals surface area contributed by atoms with E-state index in [0.717, 1.165) is 0 Å². The molecule has 0 fully saturated rings. The van der Waals surface area contributed by atoms with Crippen molar-refractivity contribution in [2.75, 3.05) is 0 Å². The molecule has 0 heterocycles. The van der Waals surface area contributed by atoms with E-state index in [9.17, 15) is 10.2 Å². The van der Waals surface area contributed by atoms with Crippen LogP contribution in [0.1, 0.15) is 23.7 Å². The van der Waals surface area contributed by atoms with Crippen LogP contribution in [0.2, 0.25) is 0 Å². The molecule has 0 spiro atoms. The second kappa shape index (κ2) is 5.87. The van der Waals surface area contributed by atoms with Crippen LogP contribution in [0.25, 0.3) is 0 Å². The zero-order valence-corrected chi connectivity index (χ0v) is 8.67. The van der Waals surface area contributed by atoms with Gasteiger partial charge in [0.05, 0.1) is 31.1 Å². The Bertz CT molecular complexity index is 431. The van der Waals surface area contributed by atoms with Crippen molar-refractivity contribution in [2.45, 2.75) is 25.0 Å². The van der Waals surface area contributed by atoms with Crippen molar-refractivity contribution in [1.29, 1.82) is 10.5 Å². The molecule has 0 saturated carbocycles. The average molecular weight is 216 g/mol. The topological polar surface area (TPSA) is 88.0 Å². The van der Waals surface area contributed by atoms with Crippen molar-refractivity contribution in [3.8, 4) is 12.1 Å². The minimum atomic E-state index is -1.12. The van der Waals surface area contributed by atoms with Crippen LogP contribution >= 0.6 is 0 Å². The summed E-state index contributed by atoms with van der Waals surface area (Å²) in [5.74, 6) is 0. The van der Waals surface area contributed by atoms with Gasteiger partial charge in [0.15, 0.2) is 0 Å². The van der Waals surface area contributed by atoms with Crippen LogP contribution in [0.5, 0.6) is 0 Å². The van der Waals surface area contributed by atoms with E-state index in [1.165, 1.54) is 0 Å². The van der Waals surface area contributed by atoms with Gasteiger partial charge in [0.1, 0.15) is 6.10 Å². The fourth-order valence-electron chi connectivity index (χ4n) is 1.48. The lowest BCUT2D eigenvalue weighted by Gasteiger charge is -2.17. The lowest BCUT2D eigenvalue weighted by Crippen LogP contribution is -2.18. The molecule has 0 saturated heterocycles. The van der Waals surface area contributed by atoms with Gasteiger partial charge in [-0.2, -0.15) is 10.5 Å². The van der Waals surface area contributed by atoms with E-state index >= 15 is 0 Å². The van der Waals surface area contributed by atoms with Gasteiger partial charge in [-0.05, 0) is 11.1 Å². The first-order chi connectivity index (χ1) is 7.70. The highest BCUT2D eigenvalue weighted by Gasteiger charge is 2.20. The van der Waals surface area contributed by atoms with E-state index in [4.69, 9.17) is 10.5 Å². The predicted octanol–water partition coefficient (Wildman–Crippen LogP) is 1.06. The maximum atomic E-state index is 9.82. The lowest BCUT2D eigenvalue weighted by atomic mass is 9.96. The molecule has 2 unspecified atom stereocenters. The zero-order chi connectivity index (χ0) is 12.0. The van der Waals surface area contributed by atoms with Gasteiger partial charge in [-0.25, -0.2) is 0 Å². The third kappa shape index (κ3) is 2.80. The van der Waals surface area contributed by atoms with Gasteiger partial charge in [-0.3, -0.25) is 0 Å². The molecule has 0 aliphatic carbocycles. The molecule has 0 amide bonds. The van der Waals surface area contributed by atoms with Crippen LogP contribution < -0.4 is 0 Å². The van der Waals surface area contributed by atoms with Crippen LogP contribution in [0, 0.1) is 22.7 Å². The summed E-state index contributed by atoms with van der Waals surface area (Å²) in [6.07, 6.45) is -2.21. The Morgan fingerprint density at radius 1 is 1.12 bits per heavy atom. The number of aliphatic hydroxyl groups excluding tert-OH is 2. The van der Waals surface area contributed by atoms with Crippen molar-refractivity contribution in [1.82, 2.24) is 0 Å². The molecule has 0 aromatic heterocycles. The first-order valence-corrected chi connectivity index (χ1v) is 4.88. The second-order valence-corrected chi connectivity index (χ2v) is 3.41. The molecular formula is C12H12N2O2. The summed E-state index contributed by atoms with van der Waals surface area (Å²) in [6, 6.07) is 10.6. The summed E-state index contributed by atoms with van der Waals surface area (Å²) in [5.41, 5.74) is 1.18. The van der Waals surface area contributed by atoms with Crippen molar-refractivity contribution >= 4 is 0 Å². The highest BCUT2D eigenvalue weighted by atomic mass is 16.3. The third-order valence-corrected chi connectivity index (χ3v) is 2.31. The maximum absolute atomic E-state index is 9.82. The first-order valence-electron chi connectivity index (χ1n) is 4.88. The number of aliphatic hydroxyl groups is 2. The fourth-order valence-corrected chi connectivity index (χ4v) is 1.48. The van der Waals surface area contributed by atoms with Crippen molar-refractivity contribution < 1.29 is 10.2 Å². The van der Waals surface area contributed by atoms with Crippen LogP contribution in [0.3, 0.4) is 0 Å². The van der Waals surface area contributed by atoms with E-state index < -0.39 is 12.2 Å². The molecular weight excluding hydrogens is 204 g/mol.